The first-order chi connectivity index (χ1) is 13.9. The minimum Gasteiger partial charge on any atom is -0.506 e. The van der Waals surface area contributed by atoms with Gasteiger partial charge in [-0.25, -0.2) is 9.59 Å². The lowest BCUT2D eigenvalue weighted by molar-refractivity contribution is -0.151. The first kappa shape index (κ1) is 19.8. The predicted octanol–water partition coefficient (Wildman–Crippen LogP) is 4.76. The van der Waals surface area contributed by atoms with Crippen LogP contribution in [0.4, 0.5) is 0 Å². The molecule has 29 heavy (non-hydrogen) atoms. The van der Waals surface area contributed by atoms with Crippen molar-refractivity contribution in [2.24, 2.45) is 0 Å². The van der Waals surface area contributed by atoms with E-state index in [2.05, 4.69) is 15.9 Å². The number of rotatable bonds is 4. The largest absolute Gasteiger partial charge is 0.506 e. The molecule has 0 saturated heterocycles. The van der Waals surface area contributed by atoms with Gasteiger partial charge in [-0.05, 0) is 46.6 Å². The van der Waals surface area contributed by atoms with E-state index < -0.39 is 23.6 Å². The Kier molecular flexibility index (Phi) is 5.27. The average Bonchev–Trinajstić information content (AvgIpc) is 3.10. The Morgan fingerprint density at radius 3 is 2.83 bits per heavy atom. The highest BCUT2D eigenvalue weighted by Crippen LogP contribution is 2.48. The van der Waals surface area contributed by atoms with Gasteiger partial charge >= 0.3 is 11.6 Å². The molecule has 2 atom stereocenters. The van der Waals surface area contributed by atoms with Crippen molar-refractivity contribution in [3.8, 4) is 11.5 Å². The molecule has 0 bridgehead atoms. The van der Waals surface area contributed by atoms with Gasteiger partial charge in [0, 0.05) is 10.6 Å². The van der Waals surface area contributed by atoms with E-state index >= 15 is 0 Å². The third-order valence-electron chi connectivity index (χ3n) is 4.73. The van der Waals surface area contributed by atoms with Crippen molar-refractivity contribution in [3.05, 3.63) is 67.4 Å². The second kappa shape index (κ2) is 7.72. The molecule has 4 rings (SSSR count). The Morgan fingerprint density at radius 2 is 2.07 bits per heavy atom. The quantitative estimate of drug-likeness (QED) is 0.429. The van der Waals surface area contributed by atoms with Crippen LogP contribution in [0.25, 0.3) is 11.0 Å². The number of para-hydroxylation sites is 1. The molecule has 1 N–H and O–H groups in total. The summed E-state index contributed by atoms with van der Waals surface area (Å²) >= 11 is 9.42. The summed E-state index contributed by atoms with van der Waals surface area (Å²) in [5.74, 6) is -1.47. The van der Waals surface area contributed by atoms with Gasteiger partial charge in [0.25, 0.3) is 0 Å². The van der Waals surface area contributed by atoms with Crippen molar-refractivity contribution in [2.75, 3.05) is 6.61 Å². The standard InChI is InChI=1S/C21H16BrClO6/c1-2-7-27-21(26)19-15(12-8-10(23)9-13(22)17(12)24)16-18(29-19)11-5-3-4-6-14(11)28-20(16)25/h3-6,8-9,15,19,24H,2,7H2,1H3/t15-,19-/m1/s1. The Morgan fingerprint density at radius 1 is 1.31 bits per heavy atom. The minimum absolute atomic E-state index is 0.142. The Hall–Kier alpha value is -2.51. The van der Waals surface area contributed by atoms with Crippen LogP contribution in [0.15, 0.2) is 50.1 Å². The maximum absolute atomic E-state index is 12.8. The molecule has 0 unspecified atom stereocenters. The summed E-state index contributed by atoms with van der Waals surface area (Å²) in [5, 5.41) is 11.5. The lowest BCUT2D eigenvalue weighted by Gasteiger charge is -2.19. The lowest BCUT2D eigenvalue weighted by Crippen LogP contribution is -2.32. The minimum atomic E-state index is -1.17. The Bertz CT molecular complexity index is 1170. The van der Waals surface area contributed by atoms with Crippen LogP contribution in [0.5, 0.6) is 11.5 Å². The smallest absolute Gasteiger partial charge is 0.348 e. The van der Waals surface area contributed by atoms with Gasteiger partial charge in [-0.3, -0.25) is 0 Å². The number of hydrogen-bond acceptors (Lipinski definition) is 6. The lowest BCUT2D eigenvalue weighted by atomic mass is 9.88. The fraction of sp³-hybridized carbons (Fsp3) is 0.238. The molecule has 3 aromatic rings. The van der Waals surface area contributed by atoms with E-state index in [1.165, 1.54) is 12.1 Å². The first-order valence-corrected chi connectivity index (χ1v) is 10.2. The molecule has 1 aliphatic heterocycles. The molecule has 8 heteroatoms. The summed E-state index contributed by atoms with van der Waals surface area (Å²) < 4.78 is 17.0. The summed E-state index contributed by atoms with van der Waals surface area (Å²) in [7, 11) is 0. The van der Waals surface area contributed by atoms with Gasteiger partial charge in [-0.1, -0.05) is 30.7 Å². The highest BCUT2D eigenvalue weighted by molar-refractivity contribution is 9.10. The van der Waals surface area contributed by atoms with Crippen LogP contribution in [-0.2, 0) is 9.53 Å². The number of phenolic OH excluding ortho intramolecular Hbond substituents is 1. The number of aromatic hydroxyl groups is 1. The number of carbonyl (C=O) groups is 1. The number of benzene rings is 2. The van der Waals surface area contributed by atoms with Gasteiger partial charge in [-0.15, -0.1) is 0 Å². The normalized spacial score (nSPS) is 17.8. The number of fused-ring (bicyclic) bond motifs is 3. The molecule has 1 aliphatic rings. The molecule has 2 aromatic carbocycles. The monoisotopic (exact) mass is 478 g/mol. The van der Waals surface area contributed by atoms with E-state index in [0.29, 0.717) is 26.9 Å². The summed E-state index contributed by atoms with van der Waals surface area (Å²) in [6.07, 6.45) is -0.531. The molecular weight excluding hydrogens is 464 g/mol. The van der Waals surface area contributed by atoms with Crippen molar-refractivity contribution >= 4 is 44.5 Å². The summed E-state index contributed by atoms with van der Waals surface area (Å²) in [6, 6.07) is 9.91. The van der Waals surface area contributed by atoms with Crippen molar-refractivity contribution < 1.29 is 23.8 Å². The predicted molar refractivity (Wildman–Crippen MR) is 111 cm³/mol. The molecule has 0 aliphatic carbocycles. The van der Waals surface area contributed by atoms with E-state index in [1.807, 2.05) is 6.92 Å². The number of esters is 1. The molecule has 0 radical (unpaired) electrons. The van der Waals surface area contributed by atoms with Gasteiger partial charge < -0.3 is 19.0 Å². The van der Waals surface area contributed by atoms with Crippen molar-refractivity contribution in [3.63, 3.8) is 0 Å². The van der Waals surface area contributed by atoms with E-state index in [9.17, 15) is 14.7 Å². The number of hydrogen-bond donors (Lipinski definition) is 1. The third kappa shape index (κ3) is 3.38. The zero-order valence-electron chi connectivity index (χ0n) is 15.3. The third-order valence-corrected chi connectivity index (χ3v) is 5.55. The molecule has 0 saturated carbocycles. The van der Waals surface area contributed by atoms with E-state index in [-0.39, 0.29) is 29.2 Å². The zero-order valence-corrected chi connectivity index (χ0v) is 17.6. The zero-order chi connectivity index (χ0) is 20.7. The van der Waals surface area contributed by atoms with Crippen LogP contribution in [0.2, 0.25) is 5.02 Å². The second-order valence-electron chi connectivity index (χ2n) is 6.64. The number of halogens is 2. The average molecular weight is 480 g/mol. The van der Waals surface area contributed by atoms with Crippen LogP contribution < -0.4 is 10.4 Å². The molecule has 0 amide bonds. The van der Waals surface area contributed by atoms with Crippen molar-refractivity contribution in [2.45, 2.75) is 25.4 Å². The topological polar surface area (TPSA) is 86.0 Å². The van der Waals surface area contributed by atoms with Gasteiger partial charge in [0.05, 0.1) is 27.9 Å². The summed E-state index contributed by atoms with van der Waals surface area (Å²) in [5.41, 5.74) is 0.106. The van der Waals surface area contributed by atoms with E-state index in [4.69, 9.17) is 25.5 Å². The molecule has 0 fully saturated rings. The molecule has 0 spiro atoms. The maximum Gasteiger partial charge on any atom is 0.348 e. The van der Waals surface area contributed by atoms with Crippen molar-refractivity contribution in [1.82, 2.24) is 0 Å². The van der Waals surface area contributed by atoms with Crippen LogP contribution >= 0.6 is 27.5 Å². The van der Waals surface area contributed by atoms with Crippen LogP contribution in [0.1, 0.15) is 30.4 Å². The summed E-state index contributed by atoms with van der Waals surface area (Å²) in [4.78, 5) is 25.6. The van der Waals surface area contributed by atoms with Crippen LogP contribution in [0, 0.1) is 0 Å². The van der Waals surface area contributed by atoms with Crippen molar-refractivity contribution in [1.29, 1.82) is 0 Å². The SMILES string of the molecule is CCCOC(=O)[C@@H]1Oc2c(c(=O)oc3ccccc23)[C@H]1c1cc(Cl)cc(Br)c1O. The van der Waals surface area contributed by atoms with Crippen LogP contribution in [-0.4, -0.2) is 23.8 Å². The molecule has 2 heterocycles. The van der Waals surface area contributed by atoms with Gasteiger partial charge in [0.2, 0.25) is 6.10 Å². The molecular formula is C21H16BrClO6. The second-order valence-corrected chi connectivity index (χ2v) is 7.93. The fourth-order valence-corrected chi connectivity index (χ4v) is 4.32. The highest BCUT2D eigenvalue weighted by atomic mass is 79.9. The van der Waals surface area contributed by atoms with Gasteiger partial charge in [-0.2, -0.15) is 0 Å². The Balaban J connectivity index is 1.97. The van der Waals surface area contributed by atoms with E-state index in [0.717, 1.165) is 0 Å². The number of ether oxygens (including phenoxy) is 2. The Labute approximate surface area is 179 Å². The number of phenols is 1. The van der Waals surface area contributed by atoms with E-state index in [1.54, 1.807) is 24.3 Å². The maximum atomic E-state index is 12.8. The van der Waals surface area contributed by atoms with Gasteiger partial charge in [0.1, 0.15) is 17.1 Å². The fourth-order valence-electron chi connectivity index (χ4n) is 3.49. The highest BCUT2D eigenvalue weighted by Gasteiger charge is 2.46. The molecule has 1 aromatic heterocycles. The van der Waals surface area contributed by atoms with Gasteiger partial charge in [0.15, 0.2) is 0 Å². The van der Waals surface area contributed by atoms with Crippen LogP contribution in [0.3, 0.4) is 0 Å². The summed E-state index contributed by atoms with van der Waals surface area (Å²) in [6.45, 7) is 2.08. The number of carbonyl (C=O) groups excluding carboxylic acids is 1. The first-order valence-electron chi connectivity index (χ1n) is 8.99. The molecule has 6 nitrogen and oxygen atoms in total. The molecule has 150 valence electrons.